The molecule has 0 aliphatic carbocycles. The third-order valence-corrected chi connectivity index (χ3v) is 3.76. The van der Waals surface area contributed by atoms with Crippen molar-refractivity contribution in [2.45, 2.75) is 33.6 Å². The average Bonchev–Trinajstić information content (AvgIpc) is 2.93. The molecule has 1 aromatic heterocycles. The highest BCUT2D eigenvalue weighted by molar-refractivity contribution is 14.0. The maximum Gasteiger partial charge on any atom is 0.191 e. The molecule has 5 heteroatoms. The van der Waals surface area contributed by atoms with Gasteiger partial charge >= 0.3 is 0 Å². The van der Waals surface area contributed by atoms with Crippen LogP contribution < -0.4 is 10.6 Å². The number of aromatic nitrogens is 1. The highest BCUT2D eigenvalue weighted by Gasteiger charge is 2.04. The molecule has 0 amide bonds. The Morgan fingerprint density at radius 3 is 2.88 bits per heavy atom. The van der Waals surface area contributed by atoms with Gasteiger partial charge in [-0.3, -0.25) is 4.99 Å². The number of guanidine groups is 1. The fraction of sp³-hybridized carbons (Fsp3) is 0.421. The van der Waals surface area contributed by atoms with E-state index in [-0.39, 0.29) is 24.0 Å². The minimum Gasteiger partial charge on any atom is -0.361 e. The molecular weight excluding hydrogens is 411 g/mol. The van der Waals surface area contributed by atoms with Gasteiger partial charge in [-0.05, 0) is 50.8 Å². The highest BCUT2D eigenvalue weighted by atomic mass is 127. The Bertz CT molecular complexity index is 673. The quantitative estimate of drug-likeness (QED) is 0.199. The molecule has 24 heavy (non-hydrogen) atoms. The van der Waals surface area contributed by atoms with Crippen LogP contribution in [0.3, 0.4) is 0 Å². The summed E-state index contributed by atoms with van der Waals surface area (Å²) in [5.74, 6) is 0.896. The van der Waals surface area contributed by atoms with Crippen molar-refractivity contribution in [1.29, 1.82) is 0 Å². The number of aromatic amines is 1. The van der Waals surface area contributed by atoms with Crippen LogP contribution in [-0.2, 0) is 6.42 Å². The molecule has 1 heterocycles. The van der Waals surface area contributed by atoms with Crippen LogP contribution in [0.4, 0.5) is 0 Å². The molecule has 0 saturated carbocycles. The van der Waals surface area contributed by atoms with Gasteiger partial charge in [-0.1, -0.05) is 24.3 Å². The van der Waals surface area contributed by atoms with Gasteiger partial charge in [-0.2, -0.15) is 0 Å². The molecule has 0 aliphatic rings. The Morgan fingerprint density at radius 2 is 2.12 bits per heavy atom. The van der Waals surface area contributed by atoms with E-state index in [1.807, 2.05) is 6.92 Å². The number of rotatable bonds is 7. The van der Waals surface area contributed by atoms with Crippen molar-refractivity contribution in [2.75, 3.05) is 19.6 Å². The van der Waals surface area contributed by atoms with Crippen molar-refractivity contribution in [1.82, 2.24) is 15.6 Å². The number of allylic oxidation sites excluding steroid dienone is 1. The molecule has 3 N–H and O–H groups in total. The molecule has 0 radical (unpaired) electrons. The fourth-order valence-electron chi connectivity index (χ4n) is 2.58. The monoisotopic (exact) mass is 440 g/mol. The van der Waals surface area contributed by atoms with Crippen molar-refractivity contribution in [3.05, 3.63) is 47.7 Å². The standard InChI is InChI=1S/C19H28N4.HI/c1-4-6-7-11-21-19(20-5-2)22-12-10-16-14-23-18-13-15(3)8-9-17(16)18;/h4,6,8-9,13-14,23H,5,7,10-12H2,1-3H3,(H2,20,21,22);1H/b6-4+;. The maximum absolute atomic E-state index is 4.58. The lowest BCUT2D eigenvalue weighted by Crippen LogP contribution is -2.38. The number of H-pyrrole nitrogens is 1. The van der Waals surface area contributed by atoms with Crippen LogP contribution in [0.1, 0.15) is 31.4 Å². The summed E-state index contributed by atoms with van der Waals surface area (Å²) in [4.78, 5) is 7.94. The largest absolute Gasteiger partial charge is 0.361 e. The molecule has 2 aromatic rings. The van der Waals surface area contributed by atoms with Gasteiger partial charge in [-0.15, -0.1) is 24.0 Å². The minimum absolute atomic E-state index is 0. The second-order valence-corrected chi connectivity index (χ2v) is 5.66. The van der Waals surface area contributed by atoms with Crippen molar-refractivity contribution < 1.29 is 0 Å². The summed E-state index contributed by atoms with van der Waals surface area (Å²) in [7, 11) is 0. The number of nitrogens with one attached hydrogen (secondary N) is 3. The average molecular weight is 440 g/mol. The van der Waals surface area contributed by atoms with Gasteiger partial charge in [0.2, 0.25) is 0 Å². The molecule has 0 unspecified atom stereocenters. The topological polar surface area (TPSA) is 52.2 Å². The van der Waals surface area contributed by atoms with Crippen molar-refractivity contribution >= 4 is 40.8 Å². The summed E-state index contributed by atoms with van der Waals surface area (Å²) >= 11 is 0. The summed E-state index contributed by atoms with van der Waals surface area (Å²) in [6, 6.07) is 6.56. The van der Waals surface area contributed by atoms with E-state index >= 15 is 0 Å². The maximum atomic E-state index is 4.58. The van der Waals surface area contributed by atoms with Crippen LogP contribution in [0.2, 0.25) is 0 Å². The summed E-state index contributed by atoms with van der Waals surface area (Å²) in [5.41, 5.74) is 3.84. The van der Waals surface area contributed by atoms with E-state index in [1.54, 1.807) is 0 Å². The first-order valence-electron chi connectivity index (χ1n) is 8.44. The molecule has 0 fully saturated rings. The third kappa shape index (κ3) is 6.19. The van der Waals surface area contributed by atoms with E-state index in [1.165, 1.54) is 22.0 Å². The van der Waals surface area contributed by atoms with E-state index in [9.17, 15) is 0 Å². The molecule has 1 aromatic carbocycles. The smallest absolute Gasteiger partial charge is 0.191 e. The Morgan fingerprint density at radius 1 is 1.29 bits per heavy atom. The molecule has 0 spiro atoms. The number of halogens is 1. The first kappa shape index (κ1) is 20.5. The number of aryl methyl sites for hydroxylation is 1. The van der Waals surface area contributed by atoms with Crippen molar-refractivity contribution in [3.8, 4) is 0 Å². The van der Waals surface area contributed by atoms with Crippen LogP contribution in [0, 0.1) is 6.92 Å². The number of hydrogen-bond donors (Lipinski definition) is 3. The lowest BCUT2D eigenvalue weighted by atomic mass is 10.1. The van der Waals surface area contributed by atoms with E-state index in [4.69, 9.17) is 0 Å². The van der Waals surface area contributed by atoms with E-state index < -0.39 is 0 Å². The highest BCUT2D eigenvalue weighted by Crippen LogP contribution is 2.19. The number of nitrogens with zero attached hydrogens (tertiary/aromatic N) is 1. The number of aliphatic imine (C=N–C) groups is 1. The number of fused-ring (bicyclic) bond motifs is 1. The zero-order valence-electron chi connectivity index (χ0n) is 14.9. The third-order valence-electron chi connectivity index (χ3n) is 3.76. The molecule has 4 nitrogen and oxygen atoms in total. The zero-order chi connectivity index (χ0) is 16.5. The Balaban J connectivity index is 0.00000288. The molecule has 0 aliphatic heterocycles. The minimum atomic E-state index is 0. The van der Waals surface area contributed by atoms with E-state index in [0.717, 1.165) is 38.4 Å². The van der Waals surface area contributed by atoms with Crippen molar-refractivity contribution in [2.24, 2.45) is 4.99 Å². The molecule has 2 rings (SSSR count). The van der Waals surface area contributed by atoms with E-state index in [2.05, 4.69) is 71.0 Å². The normalized spacial score (nSPS) is 11.7. The fourth-order valence-corrected chi connectivity index (χ4v) is 2.58. The van der Waals surface area contributed by atoms with Gasteiger partial charge < -0.3 is 15.6 Å². The molecule has 132 valence electrons. The number of benzene rings is 1. The van der Waals surface area contributed by atoms with Crippen LogP contribution in [0.25, 0.3) is 10.9 Å². The van der Waals surface area contributed by atoms with Gasteiger partial charge in [0.25, 0.3) is 0 Å². The first-order valence-corrected chi connectivity index (χ1v) is 8.44. The lowest BCUT2D eigenvalue weighted by Gasteiger charge is -2.10. The summed E-state index contributed by atoms with van der Waals surface area (Å²) < 4.78 is 0. The van der Waals surface area contributed by atoms with E-state index in [0.29, 0.717) is 0 Å². The molecule has 0 atom stereocenters. The SMILES string of the molecule is C/C=C/CCN=C(NCC)NCCc1c[nH]c2cc(C)ccc12.I. The Labute approximate surface area is 162 Å². The summed E-state index contributed by atoms with van der Waals surface area (Å²) in [6.07, 6.45) is 8.27. The molecule has 0 bridgehead atoms. The Hall–Kier alpha value is -1.50. The van der Waals surface area contributed by atoms with Crippen LogP contribution in [-0.4, -0.2) is 30.6 Å². The van der Waals surface area contributed by atoms with Gasteiger partial charge in [0, 0.05) is 36.7 Å². The van der Waals surface area contributed by atoms with Gasteiger partial charge in [0.1, 0.15) is 0 Å². The summed E-state index contributed by atoms with van der Waals surface area (Å²) in [5, 5.41) is 8.02. The van der Waals surface area contributed by atoms with Gasteiger partial charge in [-0.25, -0.2) is 0 Å². The van der Waals surface area contributed by atoms with Gasteiger partial charge in [0.05, 0.1) is 0 Å². The van der Waals surface area contributed by atoms with Crippen molar-refractivity contribution in [3.63, 3.8) is 0 Å². The summed E-state index contributed by atoms with van der Waals surface area (Å²) in [6.45, 7) is 8.81. The molecule has 0 saturated heterocycles. The van der Waals surface area contributed by atoms with Gasteiger partial charge in [0.15, 0.2) is 5.96 Å². The second kappa shape index (κ2) is 11.1. The second-order valence-electron chi connectivity index (χ2n) is 5.66. The zero-order valence-corrected chi connectivity index (χ0v) is 17.2. The lowest BCUT2D eigenvalue weighted by molar-refractivity contribution is 0.801. The van der Waals surface area contributed by atoms with Crippen LogP contribution in [0.15, 0.2) is 41.5 Å². The first-order chi connectivity index (χ1) is 11.2. The molecular formula is C19H29IN4. The van der Waals surface area contributed by atoms with Crippen LogP contribution >= 0.6 is 24.0 Å². The Kier molecular flexibility index (Phi) is 9.52. The predicted molar refractivity (Wildman–Crippen MR) is 116 cm³/mol. The number of hydrogen-bond acceptors (Lipinski definition) is 1. The predicted octanol–water partition coefficient (Wildman–Crippen LogP) is 4.16. The van der Waals surface area contributed by atoms with Crippen LogP contribution in [0.5, 0.6) is 0 Å².